The number of hydrogen-bond acceptors (Lipinski definition) is 2. The Morgan fingerprint density at radius 2 is 1.16 bits per heavy atom. The van der Waals surface area contributed by atoms with E-state index in [1.165, 1.54) is 0 Å². The van der Waals surface area contributed by atoms with Gasteiger partial charge in [-0.25, -0.2) is 0 Å². The van der Waals surface area contributed by atoms with Crippen LogP contribution in [0.15, 0.2) is 198 Å². The van der Waals surface area contributed by atoms with Crippen molar-refractivity contribution in [1.29, 1.82) is 0 Å². The molecule has 0 atom stereocenters. The van der Waals surface area contributed by atoms with Gasteiger partial charge in [-0.3, -0.25) is 0 Å². The van der Waals surface area contributed by atoms with E-state index < -0.39 is 5.41 Å². The van der Waals surface area contributed by atoms with E-state index in [2.05, 4.69) is 54.6 Å². The van der Waals surface area contributed by atoms with Gasteiger partial charge in [0.1, 0.15) is 5.58 Å². The van der Waals surface area contributed by atoms with Crippen molar-refractivity contribution in [2.75, 3.05) is 4.90 Å². The van der Waals surface area contributed by atoms with Crippen molar-refractivity contribution < 1.29 is 9.90 Å². The van der Waals surface area contributed by atoms with Crippen LogP contribution in [-0.4, -0.2) is 0 Å². The monoisotopic (exact) mass is 657 g/mol. The fourth-order valence-corrected chi connectivity index (χ4v) is 8.27. The summed E-state index contributed by atoms with van der Waals surface area (Å²) in [6.07, 6.45) is 7.54. The molecule has 242 valence electrons. The number of benzene rings is 7. The predicted molar refractivity (Wildman–Crippen MR) is 211 cm³/mol. The molecule has 0 saturated heterocycles. The first-order chi connectivity index (χ1) is 27.0. The molecule has 1 heterocycles. The molecule has 0 unspecified atom stereocenters. The Labute approximate surface area is 303 Å². The third-order valence-electron chi connectivity index (χ3n) is 10.5. The molecule has 2 heteroatoms. The summed E-state index contributed by atoms with van der Waals surface area (Å²) in [4.78, 5) is 1.91. The Hall–Kier alpha value is -6.38. The summed E-state index contributed by atoms with van der Waals surface area (Å²) in [5, 5.41) is 1.88. The number of fused-ring (bicyclic) bond motifs is 6. The highest BCUT2D eigenvalue weighted by Crippen LogP contribution is 2.56. The maximum absolute atomic E-state index is 9.97. The zero-order valence-electron chi connectivity index (χ0n) is 31.9. The average Bonchev–Trinajstić information content (AvgIpc) is 3.77. The summed E-state index contributed by atoms with van der Waals surface area (Å²) >= 11 is 0. The van der Waals surface area contributed by atoms with Crippen molar-refractivity contribution in [3.8, 4) is 22.3 Å². The first kappa shape index (κ1) is 25.6. The Kier molecular flexibility index (Phi) is 5.96. The number of para-hydroxylation sites is 2. The van der Waals surface area contributed by atoms with Gasteiger partial charge >= 0.3 is 0 Å². The fraction of sp³-hybridized carbons (Fsp3) is 0.0612. The molecule has 1 aromatic heterocycles. The Balaban J connectivity index is 1.27. The number of furan rings is 1. The molecule has 0 N–H and O–H groups in total. The van der Waals surface area contributed by atoms with Gasteiger partial charge in [-0.1, -0.05) is 164 Å². The van der Waals surface area contributed by atoms with Crippen molar-refractivity contribution in [1.82, 2.24) is 0 Å². The molecule has 51 heavy (non-hydrogen) atoms. The highest BCUT2D eigenvalue weighted by molar-refractivity contribution is 6.13. The first-order valence-corrected chi connectivity index (χ1v) is 17.5. The van der Waals surface area contributed by atoms with Crippen LogP contribution in [0.1, 0.15) is 40.6 Å². The second-order valence-electron chi connectivity index (χ2n) is 13.2. The highest BCUT2D eigenvalue weighted by atomic mass is 16.3. The second-order valence-corrected chi connectivity index (χ2v) is 13.2. The zero-order valence-corrected chi connectivity index (χ0v) is 27.9. The largest absolute Gasteiger partial charge is 0.453 e. The average molecular weight is 658 g/mol. The van der Waals surface area contributed by atoms with Crippen LogP contribution in [0.2, 0.25) is 0 Å². The molecular formula is C49H35NO. The van der Waals surface area contributed by atoms with E-state index in [9.17, 15) is 5.48 Å². The van der Waals surface area contributed by atoms with Gasteiger partial charge in [0.2, 0.25) is 0 Å². The number of hydrogen-bond donors (Lipinski definition) is 0. The van der Waals surface area contributed by atoms with Crippen molar-refractivity contribution in [3.63, 3.8) is 0 Å². The van der Waals surface area contributed by atoms with Gasteiger partial charge in [0.15, 0.2) is 5.58 Å². The van der Waals surface area contributed by atoms with Crippen LogP contribution in [-0.2, 0) is 5.41 Å². The minimum absolute atomic E-state index is 0.0774. The van der Waals surface area contributed by atoms with E-state index >= 15 is 0 Å². The number of nitrogens with zero attached hydrogens (tertiary/aromatic N) is 1. The van der Waals surface area contributed by atoms with E-state index in [-0.39, 0.29) is 29.9 Å². The molecule has 0 saturated carbocycles. The Morgan fingerprint density at radius 1 is 0.549 bits per heavy atom. The molecule has 7 aromatic carbocycles. The lowest BCUT2D eigenvalue weighted by molar-refractivity contribution is 0.669. The summed E-state index contributed by atoms with van der Waals surface area (Å²) in [7, 11) is 0. The van der Waals surface area contributed by atoms with E-state index in [0.29, 0.717) is 23.3 Å². The van der Waals surface area contributed by atoms with E-state index in [4.69, 9.17) is 4.42 Å². The van der Waals surface area contributed by atoms with Crippen LogP contribution in [0.25, 0.3) is 44.2 Å². The number of rotatable bonds is 6. The molecule has 0 spiro atoms. The smallest absolute Gasteiger partial charge is 0.159 e. The molecule has 8 aromatic rings. The molecular weight excluding hydrogens is 619 g/mol. The fourth-order valence-electron chi connectivity index (χ4n) is 8.27. The molecule has 0 fully saturated rings. The third-order valence-corrected chi connectivity index (χ3v) is 10.5. The van der Waals surface area contributed by atoms with Crippen molar-refractivity contribution in [2.45, 2.75) is 18.3 Å². The van der Waals surface area contributed by atoms with E-state index in [1.54, 1.807) is 0 Å². The van der Waals surface area contributed by atoms with Crippen LogP contribution in [0.4, 0.5) is 11.4 Å². The predicted octanol–water partition coefficient (Wildman–Crippen LogP) is 13.0. The van der Waals surface area contributed by atoms with Gasteiger partial charge in [0, 0.05) is 27.7 Å². The standard InChI is InChI=1S/C49H35NO/c1-4-16-34(17-5-1)39-24-14-25-42-43-26-15-29-46(48(43)51-47(39)42)50(37-20-8-3-9-21-37)38-32-30-36(31-33-38)49(35-18-6-2-7-19-35)44-27-12-10-22-40(44)41-23-11-13-28-45(41)49/h1-8,10-20,22-33H,9,21H2/i30D,31D,32D,33D. The molecule has 0 bridgehead atoms. The summed E-state index contributed by atoms with van der Waals surface area (Å²) in [6.45, 7) is 0. The third kappa shape index (κ3) is 4.50. The molecule has 2 nitrogen and oxygen atoms in total. The van der Waals surface area contributed by atoms with Crippen molar-refractivity contribution in [2.24, 2.45) is 0 Å². The minimum atomic E-state index is -1.09. The lowest BCUT2D eigenvalue weighted by Crippen LogP contribution is -2.28. The van der Waals surface area contributed by atoms with Crippen molar-refractivity contribution in [3.05, 3.63) is 216 Å². The SMILES string of the molecule is [2H]c1c([2H])c(C2(c3ccccc3)c3ccccc3-c3ccccc32)c([2H])c([2H])c1N(C1=CC=CCC1)c1cccc2c1oc1c(-c3ccccc3)cccc12. The van der Waals surface area contributed by atoms with E-state index in [0.717, 1.165) is 67.4 Å². The maximum atomic E-state index is 9.97. The van der Waals surface area contributed by atoms with Crippen LogP contribution in [0.5, 0.6) is 0 Å². The molecule has 2 aliphatic rings. The van der Waals surface area contributed by atoms with Crippen LogP contribution < -0.4 is 4.90 Å². The molecule has 0 amide bonds. The first-order valence-electron chi connectivity index (χ1n) is 19.5. The normalized spacial score (nSPS) is 15.4. The number of anilines is 2. The van der Waals surface area contributed by atoms with Gasteiger partial charge in [0.05, 0.1) is 16.6 Å². The summed E-state index contributed by atoms with van der Waals surface area (Å²) < 4.78 is 46.6. The molecule has 0 radical (unpaired) electrons. The molecule has 10 rings (SSSR count). The summed E-state index contributed by atoms with van der Waals surface area (Å²) in [6, 6.07) is 48.3. The highest BCUT2D eigenvalue weighted by Gasteiger charge is 2.45. The van der Waals surface area contributed by atoms with Gasteiger partial charge < -0.3 is 9.32 Å². The topological polar surface area (TPSA) is 16.4 Å². The Morgan fingerprint density at radius 3 is 1.84 bits per heavy atom. The maximum Gasteiger partial charge on any atom is 0.159 e. The van der Waals surface area contributed by atoms with Crippen LogP contribution in [0.3, 0.4) is 0 Å². The van der Waals surface area contributed by atoms with Gasteiger partial charge in [0.25, 0.3) is 0 Å². The zero-order chi connectivity index (χ0) is 37.3. The van der Waals surface area contributed by atoms with Crippen molar-refractivity contribution >= 4 is 33.3 Å². The molecule has 2 aliphatic carbocycles. The quantitative estimate of drug-likeness (QED) is 0.177. The van der Waals surface area contributed by atoms with Crippen LogP contribution >= 0.6 is 0 Å². The summed E-state index contributed by atoms with van der Waals surface area (Å²) in [5.74, 6) is 0. The van der Waals surface area contributed by atoms with E-state index in [1.807, 2.05) is 114 Å². The van der Waals surface area contributed by atoms with Gasteiger partial charge in [-0.15, -0.1) is 0 Å². The lowest BCUT2D eigenvalue weighted by Gasteiger charge is -2.34. The lowest BCUT2D eigenvalue weighted by atomic mass is 9.68. The Bertz CT molecular complexity index is 2800. The second kappa shape index (κ2) is 11.9. The van der Waals surface area contributed by atoms with Gasteiger partial charge in [-0.2, -0.15) is 0 Å². The number of allylic oxidation sites excluding steroid dienone is 4. The summed E-state index contributed by atoms with van der Waals surface area (Å²) in [5.41, 5.74) is 9.18. The van der Waals surface area contributed by atoms with Gasteiger partial charge in [-0.05, 0) is 76.0 Å². The van der Waals surface area contributed by atoms with Crippen LogP contribution in [0, 0.1) is 0 Å². The minimum Gasteiger partial charge on any atom is -0.453 e. The molecule has 0 aliphatic heterocycles.